The van der Waals surface area contributed by atoms with E-state index in [-0.39, 0.29) is 18.4 Å². The summed E-state index contributed by atoms with van der Waals surface area (Å²) in [7, 11) is 3.09. The number of carbonyl (C=O) groups is 2. The lowest BCUT2D eigenvalue weighted by Gasteiger charge is -2.22. The maximum Gasteiger partial charge on any atom is 0.254 e. The Labute approximate surface area is 156 Å². The number of rotatable bonds is 8. The van der Waals surface area contributed by atoms with E-state index in [0.29, 0.717) is 29.6 Å². The smallest absolute Gasteiger partial charge is 0.254 e. The summed E-state index contributed by atoms with van der Waals surface area (Å²) in [5, 5.41) is 3.28. The second-order valence-electron chi connectivity index (χ2n) is 5.66. The Balaban J connectivity index is 2.09. The van der Waals surface area contributed by atoms with Gasteiger partial charge in [0.2, 0.25) is 5.91 Å². The number of methoxy groups -OCH3 is 2. The van der Waals surface area contributed by atoms with Crippen LogP contribution in [-0.2, 0) is 9.53 Å². The highest BCUT2D eigenvalue weighted by molar-refractivity contribution is 7.15. The number of thiazole rings is 1. The standard InChI is InChI=1S/C18H23N3O4S/c1-12-13(2)26-18(19-12)20-16(22)11-21(8-9-24-3)17(23)14-6-5-7-15(10-14)25-4/h5-7,10H,8-9,11H2,1-4H3,(H,19,20,22). The summed E-state index contributed by atoms with van der Waals surface area (Å²) in [6.45, 7) is 4.38. The Bertz CT molecular complexity index is 756. The van der Waals surface area contributed by atoms with Gasteiger partial charge in [0.05, 0.1) is 19.4 Å². The first kappa shape index (κ1) is 19.9. The molecule has 7 nitrogen and oxygen atoms in total. The molecule has 26 heavy (non-hydrogen) atoms. The predicted octanol–water partition coefficient (Wildman–Crippen LogP) is 2.50. The lowest BCUT2D eigenvalue weighted by atomic mass is 10.2. The van der Waals surface area contributed by atoms with Crippen LogP contribution in [0.25, 0.3) is 0 Å². The van der Waals surface area contributed by atoms with Crippen LogP contribution < -0.4 is 10.1 Å². The fourth-order valence-corrected chi connectivity index (χ4v) is 3.08. The molecule has 0 radical (unpaired) electrons. The predicted molar refractivity (Wildman–Crippen MR) is 101 cm³/mol. The van der Waals surface area contributed by atoms with E-state index in [0.717, 1.165) is 10.6 Å². The van der Waals surface area contributed by atoms with Gasteiger partial charge in [-0.1, -0.05) is 6.07 Å². The van der Waals surface area contributed by atoms with Crippen molar-refractivity contribution in [2.45, 2.75) is 13.8 Å². The molecule has 2 aromatic rings. The molecule has 0 aliphatic carbocycles. The highest BCUT2D eigenvalue weighted by Crippen LogP contribution is 2.21. The minimum Gasteiger partial charge on any atom is -0.497 e. The number of benzene rings is 1. The van der Waals surface area contributed by atoms with Crippen molar-refractivity contribution in [2.24, 2.45) is 0 Å². The van der Waals surface area contributed by atoms with Crippen LogP contribution in [0.4, 0.5) is 5.13 Å². The van der Waals surface area contributed by atoms with Crippen molar-refractivity contribution in [3.63, 3.8) is 0 Å². The molecule has 1 heterocycles. The Kier molecular flexibility index (Phi) is 7.11. The van der Waals surface area contributed by atoms with Gasteiger partial charge in [0, 0.05) is 24.1 Å². The number of nitrogens with one attached hydrogen (secondary N) is 1. The Morgan fingerprint density at radius 3 is 2.65 bits per heavy atom. The first-order valence-electron chi connectivity index (χ1n) is 8.10. The van der Waals surface area contributed by atoms with Crippen LogP contribution >= 0.6 is 11.3 Å². The van der Waals surface area contributed by atoms with Crippen LogP contribution in [0.15, 0.2) is 24.3 Å². The van der Waals surface area contributed by atoms with Gasteiger partial charge in [0.1, 0.15) is 12.3 Å². The Morgan fingerprint density at radius 1 is 1.27 bits per heavy atom. The number of aryl methyl sites for hydroxylation is 2. The minimum atomic E-state index is -0.300. The van der Waals surface area contributed by atoms with Gasteiger partial charge in [0.15, 0.2) is 5.13 Å². The van der Waals surface area contributed by atoms with Gasteiger partial charge in [-0.05, 0) is 32.0 Å². The molecule has 2 rings (SSSR count). The molecule has 0 saturated heterocycles. The first-order chi connectivity index (χ1) is 12.4. The largest absolute Gasteiger partial charge is 0.497 e. The molecule has 1 aromatic heterocycles. The number of aromatic nitrogens is 1. The zero-order valence-electron chi connectivity index (χ0n) is 15.4. The zero-order chi connectivity index (χ0) is 19.1. The van der Waals surface area contributed by atoms with Crippen molar-refractivity contribution < 1.29 is 19.1 Å². The van der Waals surface area contributed by atoms with E-state index in [9.17, 15) is 9.59 Å². The molecule has 0 saturated carbocycles. The van der Waals surface area contributed by atoms with Crippen molar-refractivity contribution in [3.05, 3.63) is 40.4 Å². The van der Waals surface area contributed by atoms with E-state index in [4.69, 9.17) is 9.47 Å². The van der Waals surface area contributed by atoms with Crippen molar-refractivity contribution >= 4 is 28.3 Å². The van der Waals surface area contributed by atoms with E-state index >= 15 is 0 Å². The molecular formula is C18H23N3O4S. The molecule has 0 aliphatic heterocycles. The van der Waals surface area contributed by atoms with E-state index < -0.39 is 0 Å². The Morgan fingerprint density at radius 2 is 2.04 bits per heavy atom. The van der Waals surface area contributed by atoms with Crippen molar-refractivity contribution in [3.8, 4) is 5.75 Å². The van der Waals surface area contributed by atoms with Gasteiger partial charge in [0.25, 0.3) is 5.91 Å². The van der Waals surface area contributed by atoms with Gasteiger partial charge >= 0.3 is 0 Å². The molecule has 0 unspecified atom stereocenters. The maximum absolute atomic E-state index is 12.8. The number of carbonyl (C=O) groups excluding carboxylic acids is 2. The lowest BCUT2D eigenvalue weighted by molar-refractivity contribution is -0.117. The lowest BCUT2D eigenvalue weighted by Crippen LogP contribution is -2.40. The number of amides is 2. The molecule has 2 amide bonds. The van der Waals surface area contributed by atoms with Crippen LogP contribution in [0.2, 0.25) is 0 Å². The minimum absolute atomic E-state index is 0.0862. The van der Waals surface area contributed by atoms with Gasteiger partial charge in [-0.2, -0.15) is 0 Å². The summed E-state index contributed by atoms with van der Waals surface area (Å²) < 4.78 is 10.2. The Hall–Kier alpha value is -2.45. The molecule has 0 bridgehead atoms. The van der Waals surface area contributed by atoms with Crippen LogP contribution in [0.5, 0.6) is 5.75 Å². The fourth-order valence-electron chi connectivity index (χ4n) is 2.25. The summed E-state index contributed by atoms with van der Waals surface area (Å²) in [5.74, 6) is 0.0226. The van der Waals surface area contributed by atoms with Gasteiger partial charge in [-0.25, -0.2) is 4.98 Å². The number of ether oxygens (including phenoxy) is 2. The summed E-state index contributed by atoms with van der Waals surface area (Å²) in [6.07, 6.45) is 0. The van der Waals surface area contributed by atoms with Crippen molar-refractivity contribution in [2.75, 3.05) is 39.2 Å². The van der Waals surface area contributed by atoms with Gasteiger partial charge in [-0.15, -0.1) is 11.3 Å². The van der Waals surface area contributed by atoms with E-state index in [1.165, 1.54) is 23.3 Å². The highest BCUT2D eigenvalue weighted by Gasteiger charge is 2.20. The second-order valence-corrected chi connectivity index (χ2v) is 6.86. The molecule has 0 spiro atoms. The van der Waals surface area contributed by atoms with Gasteiger partial charge in [-0.3, -0.25) is 9.59 Å². The second kappa shape index (κ2) is 9.30. The van der Waals surface area contributed by atoms with Crippen molar-refractivity contribution in [1.82, 2.24) is 9.88 Å². The number of anilines is 1. The molecule has 0 atom stereocenters. The summed E-state index contributed by atoms with van der Waals surface area (Å²) in [4.78, 5) is 31.9. The molecule has 8 heteroatoms. The fraction of sp³-hybridized carbons (Fsp3) is 0.389. The van der Waals surface area contributed by atoms with Gasteiger partial charge < -0.3 is 19.7 Å². The van der Waals surface area contributed by atoms with Crippen LogP contribution in [0.1, 0.15) is 20.9 Å². The third-order valence-corrected chi connectivity index (χ3v) is 4.77. The highest BCUT2D eigenvalue weighted by atomic mass is 32.1. The number of hydrogen-bond acceptors (Lipinski definition) is 6. The van der Waals surface area contributed by atoms with Crippen LogP contribution in [-0.4, -0.2) is 55.6 Å². The van der Waals surface area contributed by atoms with E-state index in [1.54, 1.807) is 31.4 Å². The number of hydrogen-bond donors (Lipinski definition) is 1. The molecular weight excluding hydrogens is 354 g/mol. The molecule has 140 valence electrons. The normalized spacial score (nSPS) is 10.5. The third-order valence-electron chi connectivity index (χ3n) is 3.78. The third kappa shape index (κ3) is 5.27. The molecule has 1 N–H and O–H groups in total. The topological polar surface area (TPSA) is 80.8 Å². The van der Waals surface area contributed by atoms with Crippen LogP contribution in [0, 0.1) is 13.8 Å². The first-order valence-corrected chi connectivity index (χ1v) is 8.92. The summed E-state index contributed by atoms with van der Waals surface area (Å²) in [6, 6.07) is 6.83. The van der Waals surface area contributed by atoms with Crippen LogP contribution in [0.3, 0.4) is 0 Å². The summed E-state index contributed by atoms with van der Waals surface area (Å²) >= 11 is 1.41. The average Bonchev–Trinajstić information content (AvgIpc) is 2.95. The molecule has 0 aliphatic rings. The monoisotopic (exact) mass is 377 g/mol. The van der Waals surface area contributed by atoms with E-state index in [2.05, 4.69) is 10.3 Å². The SMILES string of the molecule is COCCN(CC(=O)Nc1nc(C)c(C)s1)C(=O)c1cccc(OC)c1. The average molecular weight is 377 g/mol. The number of nitrogens with zero attached hydrogens (tertiary/aromatic N) is 2. The maximum atomic E-state index is 12.8. The zero-order valence-corrected chi connectivity index (χ0v) is 16.2. The molecule has 1 aromatic carbocycles. The summed E-state index contributed by atoms with van der Waals surface area (Å²) in [5.41, 5.74) is 1.34. The van der Waals surface area contributed by atoms with E-state index in [1.807, 2.05) is 13.8 Å². The quantitative estimate of drug-likeness (QED) is 0.764. The van der Waals surface area contributed by atoms with Crippen molar-refractivity contribution in [1.29, 1.82) is 0 Å². The molecule has 0 fully saturated rings.